The number of amides is 1. The van der Waals surface area contributed by atoms with E-state index in [0.29, 0.717) is 6.54 Å². The van der Waals surface area contributed by atoms with Crippen LogP contribution < -0.4 is 10.1 Å². The highest BCUT2D eigenvalue weighted by atomic mass is 16.5. The molecule has 1 N–H and O–H groups in total. The van der Waals surface area contributed by atoms with Crippen LogP contribution in [0.15, 0.2) is 48.7 Å². The number of hydrogen-bond acceptors (Lipinski definition) is 5. The molecule has 0 radical (unpaired) electrons. The fourth-order valence-corrected chi connectivity index (χ4v) is 1.83. The molecule has 1 amide bonds. The van der Waals surface area contributed by atoms with Crippen molar-refractivity contribution < 1.29 is 19.1 Å². The number of hydrogen-bond donors (Lipinski definition) is 1. The Hall–Kier alpha value is -2.89. The first-order chi connectivity index (χ1) is 11.1. The van der Waals surface area contributed by atoms with Gasteiger partial charge in [0.05, 0.1) is 7.11 Å². The van der Waals surface area contributed by atoms with Crippen LogP contribution in [0.2, 0.25) is 0 Å². The number of carbonyl (C=O) groups excluding carboxylic acids is 2. The van der Waals surface area contributed by atoms with Crippen molar-refractivity contribution in [2.24, 2.45) is 0 Å². The van der Waals surface area contributed by atoms with E-state index in [9.17, 15) is 9.59 Å². The number of benzene rings is 1. The molecule has 0 fully saturated rings. The summed E-state index contributed by atoms with van der Waals surface area (Å²) >= 11 is 0. The lowest BCUT2D eigenvalue weighted by molar-refractivity contribution is -0.129. The largest absolute Gasteiger partial charge is 0.497 e. The van der Waals surface area contributed by atoms with Gasteiger partial charge in [-0.25, -0.2) is 9.78 Å². The number of rotatable bonds is 6. The van der Waals surface area contributed by atoms with E-state index in [1.54, 1.807) is 19.2 Å². The van der Waals surface area contributed by atoms with Crippen molar-refractivity contribution in [1.82, 2.24) is 10.3 Å². The normalized spacial score (nSPS) is 11.4. The summed E-state index contributed by atoms with van der Waals surface area (Å²) in [6, 6.07) is 12.2. The molecular weight excluding hydrogens is 296 g/mol. The zero-order chi connectivity index (χ0) is 16.7. The Morgan fingerprint density at radius 2 is 1.91 bits per heavy atom. The molecule has 1 heterocycles. The first-order valence-electron chi connectivity index (χ1n) is 7.13. The highest BCUT2D eigenvalue weighted by Crippen LogP contribution is 2.11. The number of methoxy groups -OCH3 is 1. The fourth-order valence-electron chi connectivity index (χ4n) is 1.83. The summed E-state index contributed by atoms with van der Waals surface area (Å²) in [4.78, 5) is 27.7. The third-order valence-corrected chi connectivity index (χ3v) is 3.15. The molecule has 6 nitrogen and oxygen atoms in total. The number of esters is 1. The highest BCUT2D eigenvalue weighted by Gasteiger charge is 2.19. The van der Waals surface area contributed by atoms with E-state index in [-0.39, 0.29) is 11.6 Å². The lowest BCUT2D eigenvalue weighted by Gasteiger charge is -2.13. The standard InChI is InChI=1S/C17H18N2O4/c1-12(23-17(21)15-5-3-4-10-18-15)16(20)19-11-13-6-8-14(22-2)9-7-13/h3-10,12H,11H2,1-2H3,(H,19,20)/t12-/m1/s1. The van der Waals surface area contributed by atoms with Crippen LogP contribution in [0, 0.1) is 0 Å². The maximum atomic E-state index is 12.0. The van der Waals surface area contributed by atoms with E-state index >= 15 is 0 Å². The van der Waals surface area contributed by atoms with Gasteiger partial charge in [0.15, 0.2) is 6.10 Å². The molecule has 0 bridgehead atoms. The van der Waals surface area contributed by atoms with Gasteiger partial charge in [-0.05, 0) is 36.8 Å². The summed E-state index contributed by atoms with van der Waals surface area (Å²) < 4.78 is 10.2. The average Bonchev–Trinajstić information content (AvgIpc) is 2.60. The number of nitrogens with zero attached hydrogens (tertiary/aromatic N) is 1. The van der Waals surface area contributed by atoms with Crippen molar-refractivity contribution in [3.05, 3.63) is 59.9 Å². The van der Waals surface area contributed by atoms with Crippen LogP contribution in [0.3, 0.4) is 0 Å². The van der Waals surface area contributed by atoms with Gasteiger partial charge in [0.25, 0.3) is 5.91 Å². The zero-order valence-corrected chi connectivity index (χ0v) is 13.0. The van der Waals surface area contributed by atoms with Crippen LogP contribution in [0.1, 0.15) is 23.0 Å². The molecule has 0 saturated carbocycles. The van der Waals surface area contributed by atoms with Crippen LogP contribution >= 0.6 is 0 Å². The molecule has 0 unspecified atom stereocenters. The second-order valence-corrected chi connectivity index (χ2v) is 4.83. The van der Waals surface area contributed by atoms with Gasteiger partial charge in [0, 0.05) is 12.7 Å². The summed E-state index contributed by atoms with van der Waals surface area (Å²) in [7, 11) is 1.59. The predicted octanol–water partition coefficient (Wildman–Crippen LogP) is 1.95. The Balaban J connectivity index is 1.83. The zero-order valence-electron chi connectivity index (χ0n) is 13.0. The van der Waals surface area contributed by atoms with Crippen LogP contribution in [0.4, 0.5) is 0 Å². The van der Waals surface area contributed by atoms with Crippen molar-refractivity contribution in [1.29, 1.82) is 0 Å². The first-order valence-corrected chi connectivity index (χ1v) is 7.13. The number of aromatic nitrogens is 1. The minimum Gasteiger partial charge on any atom is -0.497 e. The molecule has 0 saturated heterocycles. The number of ether oxygens (including phenoxy) is 2. The highest BCUT2D eigenvalue weighted by molar-refractivity contribution is 5.90. The Bertz CT molecular complexity index is 656. The first kappa shape index (κ1) is 16.5. The summed E-state index contributed by atoms with van der Waals surface area (Å²) in [5.41, 5.74) is 1.09. The van der Waals surface area contributed by atoms with E-state index in [4.69, 9.17) is 9.47 Å². The Morgan fingerprint density at radius 1 is 1.17 bits per heavy atom. The molecular formula is C17H18N2O4. The average molecular weight is 314 g/mol. The second-order valence-electron chi connectivity index (χ2n) is 4.83. The molecule has 1 aromatic carbocycles. The predicted molar refractivity (Wildman–Crippen MR) is 84.0 cm³/mol. The number of pyridine rings is 1. The van der Waals surface area contributed by atoms with Crippen molar-refractivity contribution >= 4 is 11.9 Å². The second kappa shape index (κ2) is 7.93. The van der Waals surface area contributed by atoms with Crippen molar-refractivity contribution in [2.75, 3.05) is 7.11 Å². The fraction of sp³-hybridized carbons (Fsp3) is 0.235. The molecule has 2 rings (SSSR count). The summed E-state index contributed by atoms with van der Waals surface area (Å²) in [6.07, 6.45) is 0.591. The van der Waals surface area contributed by atoms with Crippen molar-refractivity contribution in [2.45, 2.75) is 19.6 Å². The Kier molecular flexibility index (Phi) is 5.68. The molecule has 2 aromatic rings. The van der Waals surface area contributed by atoms with Gasteiger partial charge in [-0.2, -0.15) is 0 Å². The molecule has 23 heavy (non-hydrogen) atoms. The lowest BCUT2D eigenvalue weighted by atomic mass is 10.2. The molecule has 0 aliphatic carbocycles. The number of carbonyl (C=O) groups is 2. The van der Waals surface area contributed by atoms with Crippen LogP contribution in [-0.2, 0) is 16.1 Å². The van der Waals surface area contributed by atoms with E-state index in [2.05, 4.69) is 10.3 Å². The van der Waals surface area contributed by atoms with E-state index in [0.717, 1.165) is 11.3 Å². The number of nitrogens with one attached hydrogen (secondary N) is 1. The third kappa shape index (κ3) is 4.81. The maximum Gasteiger partial charge on any atom is 0.357 e. The van der Waals surface area contributed by atoms with Gasteiger partial charge >= 0.3 is 5.97 Å². The van der Waals surface area contributed by atoms with Gasteiger partial charge < -0.3 is 14.8 Å². The van der Waals surface area contributed by atoms with Gasteiger partial charge in [-0.15, -0.1) is 0 Å². The minimum absolute atomic E-state index is 0.169. The van der Waals surface area contributed by atoms with E-state index < -0.39 is 12.1 Å². The van der Waals surface area contributed by atoms with E-state index in [1.807, 2.05) is 24.3 Å². The molecule has 0 aliphatic rings. The SMILES string of the molecule is COc1ccc(CNC(=O)[C@@H](C)OC(=O)c2ccccn2)cc1. The molecule has 120 valence electrons. The van der Waals surface area contributed by atoms with Crippen LogP contribution in [0.25, 0.3) is 0 Å². The van der Waals surface area contributed by atoms with Gasteiger partial charge in [0.2, 0.25) is 0 Å². The Labute approximate surface area is 134 Å². The van der Waals surface area contributed by atoms with Crippen LogP contribution in [-0.4, -0.2) is 30.1 Å². The minimum atomic E-state index is -0.900. The molecule has 0 aliphatic heterocycles. The van der Waals surface area contributed by atoms with Gasteiger partial charge in [0.1, 0.15) is 11.4 Å². The topological polar surface area (TPSA) is 77.5 Å². The molecule has 0 spiro atoms. The van der Waals surface area contributed by atoms with Crippen molar-refractivity contribution in [3.8, 4) is 5.75 Å². The van der Waals surface area contributed by atoms with E-state index in [1.165, 1.54) is 19.2 Å². The molecule has 1 atom stereocenters. The summed E-state index contributed by atoms with van der Waals surface area (Å²) in [5.74, 6) is -0.250. The van der Waals surface area contributed by atoms with Crippen LogP contribution in [0.5, 0.6) is 5.75 Å². The van der Waals surface area contributed by atoms with Gasteiger partial charge in [-0.3, -0.25) is 4.79 Å². The quantitative estimate of drug-likeness (QED) is 0.825. The summed E-state index contributed by atoms with van der Waals surface area (Å²) in [6.45, 7) is 1.86. The summed E-state index contributed by atoms with van der Waals surface area (Å²) in [5, 5.41) is 2.72. The van der Waals surface area contributed by atoms with Crippen molar-refractivity contribution in [3.63, 3.8) is 0 Å². The third-order valence-electron chi connectivity index (χ3n) is 3.15. The molecule has 6 heteroatoms. The van der Waals surface area contributed by atoms with Gasteiger partial charge in [-0.1, -0.05) is 18.2 Å². The monoisotopic (exact) mass is 314 g/mol. The smallest absolute Gasteiger partial charge is 0.357 e. The molecule has 1 aromatic heterocycles. The maximum absolute atomic E-state index is 12.0. The Morgan fingerprint density at radius 3 is 2.52 bits per heavy atom. The lowest BCUT2D eigenvalue weighted by Crippen LogP contribution is -2.35.